The van der Waals surface area contributed by atoms with Gasteiger partial charge in [-0.2, -0.15) is 0 Å². The van der Waals surface area contributed by atoms with Crippen LogP contribution in [0.15, 0.2) is 61.2 Å². The molecule has 2 aromatic heterocycles. The van der Waals surface area contributed by atoms with Crippen molar-refractivity contribution in [2.75, 3.05) is 13.7 Å². The molecule has 0 spiro atoms. The maximum atomic E-state index is 5.24. The van der Waals surface area contributed by atoms with Gasteiger partial charge >= 0.3 is 0 Å². The molecule has 2 heterocycles. The fourth-order valence-corrected chi connectivity index (χ4v) is 2.91. The van der Waals surface area contributed by atoms with Crippen LogP contribution in [0.4, 0.5) is 0 Å². The van der Waals surface area contributed by atoms with Gasteiger partial charge in [-0.25, -0.2) is 4.98 Å². The molecular formula is C20H24N4O. The van der Waals surface area contributed by atoms with Crippen LogP contribution >= 0.6 is 0 Å². The first kappa shape index (κ1) is 17.2. The molecule has 5 heteroatoms. The number of hydrogen-bond acceptors (Lipinski definition) is 4. The van der Waals surface area contributed by atoms with Crippen LogP contribution in [0, 0.1) is 0 Å². The van der Waals surface area contributed by atoms with Crippen molar-refractivity contribution < 1.29 is 4.74 Å². The van der Waals surface area contributed by atoms with E-state index < -0.39 is 0 Å². The topological polar surface area (TPSA) is 43.2 Å². The molecule has 3 rings (SSSR count). The summed E-state index contributed by atoms with van der Waals surface area (Å²) in [7, 11) is 1.68. The average Bonchev–Trinajstić information content (AvgIpc) is 3.11. The molecule has 25 heavy (non-hydrogen) atoms. The zero-order chi connectivity index (χ0) is 17.5. The first-order valence-electron chi connectivity index (χ1n) is 8.58. The Morgan fingerprint density at radius 1 is 1.08 bits per heavy atom. The van der Waals surface area contributed by atoms with Gasteiger partial charge < -0.3 is 9.30 Å². The Morgan fingerprint density at radius 2 is 1.92 bits per heavy atom. The van der Waals surface area contributed by atoms with Gasteiger partial charge in [-0.05, 0) is 48.9 Å². The Morgan fingerprint density at radius 3 is 2.60 bits per heavy atom. The van der Waals surface area contributed by atoms with Crippen molar-refractivity contribution in [1.29, 1.82) is 0 Å². The minimum absolute atomic E-state index is 0.793. The Hall–Kier alpha value is -2.66. The summed E-state index contributed by atoms with van der Waals surface area (Å²) in [6.45, 7) is 4.88. The molecule has 0 atom stereocenters. The van der Waals surface area contributed by atoms with Crippen molar-refractivity contribution >= 4 is 0 Å². The molecule has 3 aromatic rings. The van der Waals surface area contributed by atoms with E-state index in [0.29, 0.717) is 0 Å². The summed E-state index contributed by atoms with van der Waals surface area (Å²) in [4.78, 5) is 11.2. The quantitative estimate of drug-likeness (QED) is 0.629. The molecule has 0 unspecified atom stereocenters. The molecule has 0 fully saturated rings. The number of rotatable bonds is 8. The predicted octanol–water partition coefficient (Wildman–Crippen LogP) is 3.69. The first-order valence-corrected chi connectivity index (χ1v) is 8.58. The predicted molar refractivity (Wildman–Crippen MR) is 98.8 cm³/mol. The molecule has 0 N–H and O–H groups in total. The van der Waals surface area contributed by atoms with Gasteiger partial charge in [0.15, 0.2) is 0 Å². The maximum absolute atomic E-state index is 5.24. The van der Waals surface area contributed by atoms with E-state index >= 15 is 0 Å². The summed E-state index contributed by atoms with van der Waals surface area (Å²) in [5.74, 6) is 1.89. The van der Waals surface area contributed by atoms with E-state index in [1.807, 2.05) is 43.0 Å². The first-order chi connectivity index (χ1) is 12.3. The number of ether oxygens (including phenoxy) is 1. The molecule has 0 aliphatic heterocycles. The molecule has 5 nitrogen and oxygen atoms in total. The molecule has 0 aliphatic rings. The van der Waals surface area contributed by atoms with E-state index in [-0.39, 0.29) is 0 Å². The van der Waals surface area contributed by atoms with E-state index in [4.69, 9.17) is 4.74 Å². The molecule has 130 valence electrons. The van der Waals surface area contributed by atoms with Crippen LogP contribution < -0.4 is 4.74 Å². The van der Waals surface area contributed by atoms with Gasteiger partial charge in [0.2, 0.25) is 0 Å². The van der Waals surface area contributed by atoms with Crippen LogP contribution in [0.3, 0.4) is 0 Å². The number of nitrogens with zero attached hydrogens (tertiary/aromatic N) is 4. The van der Waals surface area contributed by atoms with Crippen molar-refractivity contribution in [2.45, 2.75) is 26.4 Å². The highest BCUT2D eigenvalue weighted by Gasteiger charge is 2.12. The number of imidazole rings is 1. The van der Waals surface area contributed by atoms with E-state index in [0.717, 1.165) is 43.3 Å². The number of benzene rings is 1. The van der Waals surface area contributed by atoms with Crippen LogP contribution in [0.25, 0.3) is 5.69 Å². The fourth-order valence-electron chi connectivity index (χ4n) is 2.91. The Bertz CT molecular complexity index is 768. The van der Waals surface area contributed by atoms with Crippen molar-refractivity contribution in [3.63, 3.8) is 0 Å². The Labute approximate surface area is 148 Å². The molecule has 1 aromatic carbocycles. The molecule has 0 radical (unpaired) electrons. The van der Waals surface area contributed by atoms with Gasteiger partial charge in [0.25, 0.3) is 0 Å². The van der Waals surface area contributed by atoms with Crippen molar-refractivity contribution in [2.24, 2.45) is 0 Å². The highest BCUT2D eigenvalue weighted by molar-refractivity contribution is 5.38. The number of aromatic nitrogens is 3. The van der Waals surface area contributed by atoms with E-state index in [1.165, 1.54) is 5.56 Å². The van der Waals surface area contributed by atoms with Gasteiger partial charge in [0.05, 0.1) is 13.7 Å². The monoisotopic (exact) mass is 336 g/mol. The fraction of sp³-hybridized carbons (Fsp3) is 0.300. The molecule has 0 bridgehead atoms. The Kier molecular flexibility index (Phi) is 5.80. The van der Waals surface area contributed by atoms with Crippen molar-refractivity contribution in [1.82, 2.24) is 19.4 Å². The number of methoxy groups -OCH3 is 1. The van der Waals surface area contributed by atoms with Gasteiger partial charge in [0, 0.05) is 37.0 Å². The van der Waals surface area contributed by atoms with E-state index in [9.17, 15) is 0 Å². The van der Waals surface area contributed by atoms with Crippen LogP contribution in [0.5, 0.6) is 5.75 Å². The zero-order valence-corrected chi connectivity index (χ0v) is 14.8. The molecule has 0 amide bonds. The summed E-state index contributed by atoms with van der Waals surface area (Å²) in [5, 5.41) is 0. The summed E-state index contributed by atoms with van der Waals surface area (Å²) >= 11 is 0. The highest BCUT2D eigenvalue weighted by atomic mass is 16.5. The lowest BCUT2D eigenvalue weighted by Crippen LogP contribution is -2.25. The summed E-state index contributed by atoms with van der Waals surface area (Å²) in [5.41, 5.74) is 2.31. The van der Waals surface area contributed by atoms with Crippen LogP contribution in [0.2, 0.25) is 0 Å². The van der Waals surface area contributed by atoms with Gasteiger partial charge in [0.1, 0.15) is 11.6 Å². The third kappa shape index (κ3) is 4.45. The normalized spacial score (nSPS) is 11.0. The minimum Gasteiger partial charge on any atom is -0.497 e. The SMILES string of the molecule is CCCN(Cc1cccnc1)Cc1nccn1-c1ccc(OC)cc1. The van der Waals surface area contributed by atoms with Crippen LogP contribution in [-0.4, -0.2) is 33.1 Å². The Balaban J connectivity index is 1.77. The van der Waals surface area contributed by atoms with Crippen molar-refractivity contribution in [3.8, 4) is 11.4 Å². The van der Waals surface area contributed by atoms with Crippen molar-refractivity contribution in [3.05, 3.63) is 72.6 Å². The molecule has 0 saturated carbocycles. The second-order valence-electron chi connectivity index (χ2n) is 5.98. The highest BCUT2D eigenvalue weighted by Crippen LogP contribution is 2.17. The second kappa shape index (κ2) is 8.44. The maximum Gasteiger partial charge on any atom is 0.127 e. The van der Waals surface area contributed by atoms with Gasteiger partial charge in [-0.3, -0.25) is 9.88 Å². The third-order valence-corrected chi connectivity index (χ3v) is 4.10. The van der Waals surface area contributed by atoms with E-state index in [2.05, 4.69) is 44.6 Å². The van der Waals surface area contributed by atoms with E-state index in [1.54, 1.807) is 7.11 Å². The summed E-state index contributed by atoms with van der Waals surface area (Å²) in [6, 6.07) is 12.1. The summed E-state index contributed by atoms with van der Waals surface area (Å²) < 4.78 is 7.37. The second-order valence-corrected chi connectivity index (χ2v) is 5.98. The van der Waals surface area contributed by atoms with Crippen LogP contribution in [0.1, 0.15) is 24.7 Å². The van der Waals surface area contributed by atoms with Crippen LogP contribution in [-0.2, 0) is 13.1 Å². The number of pyridine rings is 1. The lowest BCUT2D eigenvalue weighted by molar-refractivity contribution is 0.249. The zero-order valence-electron chi connectivity index (χ0n) is 14.8. The standard InChI is InChI=1S/C20H24N4O/c1-3-12-23(15-17-5-4-10-21-14-17)16-20-22-11-13-24(20)18-6-8-19(25-2)9-7-18/h4-11,13-14H,3,12,15-16H2,1-2H3. The van der Waals surface area contributed by atoms with Gasteiger partial charge in [-0.1, -0.05) is 13.0 Å². The largest absolute Gasteiger partial charge is 0.497 e. The number of hydrogen-bond donors (Lipinski definition) is 0. The average molecular weight is 336 g/mol. The molecule has 0 saturated heterocycles. The molecular weight excluding hydrogens is 312 g/mol. The minimum atomic E-state index is 0.793. The molecule has 0 aliphatic carbocycles. The lowest BCUT2D eigenvalue weighted by Gasteiger charge is -2.22. The lowest BCUT2D eigenvalue weighted by atomic mass is 10.2. The summed E-state index contributed by atoms with van der Waals surface area (Å²) in [6.07, 6.45) is 8.70. The smallest absolute Gasteiger partial charge is 0.127 e. The third-order valence-electron chi connectivity index (χ3n) is 4.10. The van der Waals surface area contributed by atoms with Gasteiger partial charge in [-0.15, -0.1) is 0 Å².